The Bertz CT molecular complexity index is 1480. The number of nitro groups is 1. The van der Waals surface area contributed by atoms with Gasteiger partial charge < -0.3 is 24.0 Å². The third kappa shape index (κ3) is 6.04. The number of benzene rings is 2. The van der Waals surface area contributed by atoms with E-state index in [1.165, 1.54) is 25.3 Å². The average Bonchev–Trinajstić information content (AvgIpc) is 3.38. The van der Waals surface area contributed by atoms with Crippen LogP contribution in [0.15, 0.2) is 64.0 Å². The number of aliphatic imine (C=N–C) groups is 2. The molecule has 0 saturated heterocycles. The summed E-state index contributed by atoms with van der Waals surface area (Å²) in [5.41, 5.74) is 0.283. The first kappa shape index (κ1) is 28.8. The molecule has 0 saturated carbocycles. The standard InChI is InChI=1S/C27H29N7O7/c1-6-39-26(35)22-23(34(36)37)25(40-20-11-10-18(16-28)21(15-20)31(2)3)33(38-5)27(30-22)41-19-9-7-8-17(14-19)24-29-12-13-32(24)4/h7-11,14-15,27H,6,12-13H2,1-5H3. The van der Waals surface area contributed by atoms with Gasteiger partial charge in [-0.3, -0.25) is 19.9 Å². The summed E-state index contributed by atoms with van der Waals surface area (Å²) in [4.78, 5) is 42.2. The number of ether oxygens (including phenoxy) is 3. The molecule has 0 amide bonds. The molecular weight excluding hydrogens is 534 g/mol. The van der Waals surface area contributed by atoms with Gasteiger partial charge in [0.05, 0.1) is 36.4 Å². The summed E-state index contributed by atoms with van der Waals surface area (Å²) in [5, 5.41) is 22.7. The molecule has 0 spiro atoms. The molecule has 2 aliphatic heterocycles. The van der Waals surface area contributed by atoms with Crippen molar-refractivity contribution in [2.45, 2.75) is 13.3 Å². The number of hydroxylamine groups is 2. The highest BCUT2D eigenvalue weighted by atomic mass is 16.7. The van der Waals surface area contributed by atoms with Gasteiger partial charge >= 0.3 is 17.5 Å². The number of carbonyl (C=O) groups is 1. The molecule has 0 aliphatic carbocycles. The van der Waals surface area contributed by atoms with Crippen LogP contribution in [0.3, 0.4) is 0 Å². The molecule has 0 aromatic heterocycles. The van der Waals surface area contributed by atoms with E-state index in [0.29, 0.717) is 23.5 Å². The van der Waals surface area contributed by atoms with E-state index in [0.717, 1.165) is 23.0 Å². The average molecular weight is 564 g/mol. The first-order valence-corrected chi connectivity index (χ1v) is 12.6. The molecule has 0 bridgehead atoms. The lowest BCUT2D eigenvalue weighted by Gasteiger charge is -2.32. The van der Waals surface area contributed by atoms with Crippen LogP contribution in [-0.4, -0.2) is 86.7 Å². The fourth-order valence-corrected chi connectivity index (χ4v) is 4.21. The number of amidine groups is 1. The second-order valence-electron chi connectivity index (χ2n) is 9.00. The number of rotatable bonds is 10. The van der Waals surface area contributed by atoms with Gasteiger partial charge in [0.2, 0.25) is 5.71 Å². The second kappa shape index (κ2) is 12.3. The van der Waals surface area contributed by atoms with E-state index in [4.69, 9.17) is 19.0 Å². The van der Waals surface area contributed by atoms with E-state index in [2.05, 4.69) is 16.1 Å². The van der Waals surface area contributed by atoms with Crippen molar-refractivity contribution in [3.05, 3.63) is 75.3 Å². The summed E-state index contributed by atoms with van der Waals surface area (Å²) < 4.78 is 17.1. The quantitative estimate of drug-likeness (QED) is 0.238. The van der Waals surface area contributed by atoms with Gasteiger partial charge in [0, 0.05) is 39.3 Å². The van der Waals surface area contributed by atoms with Gasteiger partial charge in [0.15, 0.2) is 0 Å². The second-order valence-corrected chi connectivity index (χ2v) is 9.00. The zero-order chi connectivity index (χ0) is 29.7. The monoisotopic (exact) mass is 563 g/mol. The van der Waals surface area contributed by atoms with Crippen LogP contribution in [0, 0.1) is 21.4 Å². The van der Waals surface area contributed by atoms with Crippen LogP contribution in [0.1, 0.15) is 18.1 Å². The molecule has 2 heterocycles. The number of hydrogen-bond donors (Lipinski definition) is 0. The maximum Gasteiger partial charge on any atom is 0.364 e. The predicted molar refractivity (Wildman–Crippen MR) is 148 cm³/mol. The van der Waals surface area contributed by atoms with Crippen molar-refractivity contribution < 1.29 is 28.8 Å². The predicted octanol–water partition coefficient (Wildman–Crippen LogP) is 2.38. The van der Waals surface area contributed by atoms with Gasteiger partial charge in [0.1, 0.15) is 23.4 Å². The van der Waals surface area contributed by atoms with E-state index in [9.17, 15) is 20.2 Å². The molecule has 14 heteroatoms. The van der Waals surface area contributed by atoms with Crippen molar-refractivity contribution in [1.29, 1.82) is 5.26 Å². The number of nitriles is 1. The van der Waals surface area contributed by atoms with Gasteiger partial charge in [0.25, 0.3) is 6.35 Å². The summed E-state index contributed by atoms with van der Waals surface area (Å²) >= 11 is 0. The first-order chi connectivity index (χ1) is 19.7. The van der Waals surface area contributed by atoms with E-state index in [-0.39, 0.29) is 12.4 Å². The SMILES string of the molecule is CCOC(=O)C1=NC(Oc2cccc(C3=NCCN3C)c2)N(OC)C(Oc2ccc(C#N)c(N(C)C)c2)=C1[N+](=O)[O-]. The highest BCUT2D eigenvalue weighted by Crippen LogP contribution is 2.31. The van der Waals surface area contributed by atoms with Gasteiger partial charge in [-0.15, -0.1) is 0 Å². The lowest BCUT2D eigenvalue weighted by Crippen LogP contribution is -2.46. The number of hydrogen-bond acceptors (Lipinski definition) is 13. The zero-order valence-electron chi connectivity index (χ0n) is 23.2. The molecule has 1 unspecified atom stereocenters. The highest BCUT2D eigenvalue weighted by Gasteiger charge is 2.45. The van der Waals surface area contributed by atoms with Crippen LogP contribution < -0.4 is 14.4 Å². The molecule has 41 heavy (non-hydrogen) atoms. The fourth-order valence-electron chi connectivity index (χ4n) is 4.21. The number of likely N-dealkylation sites (N-methyl/N-ethyl adjacent to an activating group) is 1. The van der Waals surface area contributed by atoms with Crippen LogP contribution in [0.5, 0.6) is 11.5 Å². The molecule has 0 fully saturated rings. The Balaban J connectivity index is 1.78. The smallest absolute Gasteiger partial charge is 0.364 e. The Hall–Kier alpha value is -5.16. The fraction of sp³-hybridized carbons (Fsp3) is 0.333. The minimum absolute atomic E-state index is 0.0436. The van der Waals surface area contributed by atoms with Crippen LogP contribution in [0.2, 0.25) is 0 Å². The van der Waals surface area contributed by atoms with E-state index >= 15 is 0 Å². The lowest BCUT2D eigenvalue weighted by atomic mass is 10.1. The Labute approximate surface area is 236 Å². The highest BCUT2D eigenvalue weighted by molar-refractivity contribution is 6.42. The zero-order valence-corrected chi connectivity index (χ0v) is 23.2. The third-order valence-electron chi connectivity index (χ3n) is 6.09. The van der Waals surface area contributed by atoms with Crippen LogP contribution in [0.25, 0.3) is 0 Å². The molecule has 2 aliphatic rings. The van der Waals surface area contributed by atoms with Crippen LogP contribution in [0.4, 0.5) is 5.69 Å². The molecular formula is C27H29N7O7. The van der Waals surface area contributed by atoms with Crippen molar-refractivity contribution in [2.24, 2.45) is 9.98 Å². The maximum absolute atomic E-state index is 12.9. The van der Waals surface area contributed by atoms with Crippen molar-refractivity contribution in [2.75, 3.05) is 52.8 Å². The Morgan fingerprint density at radius 3 is 2.63 bits per heavy atom. The van der Waals surface area contributed by atoms with Gasteiger partial charge in [-0.25, -0.2) is 9.79 Å². The number of esters is 1. The maximum atomic E-state index is 12.9. The molecule has 2 aromatic carbocycles. The van der Waals surface area contributed by atoms with Crippen molar-refractivity contribution in [3.63, 3.8) is 0 Å². The molecule has 0 N–H and O–H groups in total. The topological polar surface area (TPSA) is 155 Å². The lowest BCUT2D eigenvalue weighted by molar-refractivity contribution is -0.422. The van der Waals surface area contributed by atoms with Crippen molar-refractivity contribution in [1.82, 2.24) is 9.96 Å². The largest absolute Gasteiger partial charge is 0.461 e. The number of anilines is 1. The van der Waals surface area contributed by atoms with Gasteiger partial charge in [-0.05, 0) is 31.2 Å². The summed E-state index contributed by atoms with van der Waals surface area (Å²) in [6, 6.07) is 13.7. The molecule has 214 valence electrons. The molecule has 1 atom stereocenters. The minimum Gasteiger partial charge on any atom is -0.461 e. The molecule has 4 rings (SSSR count). The van der Waals surface area contributed by atoms with Gasteiger partial charge in [-0.2, -0.15) is 10.3 Å². The van der Waals surface area contributed by atoms with Crippen LogP contribution in [-0.2, 0) is 14.4 Å². The summed E-state index contributed by atoms with van der Waals surface area (Å²) in [5.74, 6) is -0.241. The van der Waals surface area contributed by atoms with Crippen molar-refractivity contribution >= 4 is 23.2 Å². The minimum atomic E-state index is -1.41. The number of carbonyl (C=O) groups excluding carboxylic acids is 1. The van der Waals surface area contributed by atoms with E-state index < -0.39 is 34.5 Å². The first-order valence-electron chi connectivity index (χ1n) is 12.6. The van der Waals surface area contributed by atoms with E-state index in [1.54, 1.807) is 44.1 Å². The van der Waals surface area contributed by atoms with Crippen LogP contribution >= 0.6 is 0 Å². The van der Waals surface area contributed by atoms with E-state index in [1.807, 2.05) is 18.0 Å². The Morgan fingerprint density at radius 1 is 1.24 bits per heavy atom. The van der Waals surface area contributed by atoms with Crippen molar-refractivity contribution in [3.8, 4) is 17.6 Å². The normalized spacial score (nSPS) is 16.5. The summed E-state index contributed by atoms with van der Waals surface area (Å²) in [6.45, 7) is 2.98. The third-order valence-corrected chi connectivity index (χ3v) is 6.09. The van der Waals surface area contributed by atoms with Gasteiger partial charge in [-0.1, -0.05) is 12.1 Å². The Kier molecular flexibility index (Phi) is 8.69. The molecule has 14 nitrogen and oxygen atoms in total. The molecule has 0 radical (unpaired) electrons. The molecule has 2 aromatic rings. The Morgan fingerprint density at radius 2 is 2.02 bits per heavy atom. The summed E-state index contributed by atoms with van der Waals surface area (Å²) in [6.07, 6.45) is -1.41. The summed E-state index contributed by atoms with van der Waals surface area (Å²) in [7, 11) is 6.66. The number of nitrogens with zero attached hydrogens (tertiary/aromatic N) is 7.